The summed E-state index contributed by atoms with van der Waals surface area (Å²) in [5.41, 5.74) is 1.26. The number of hydrogen-bond acceptors (Lipinski definition) is 4. The second-order valence-electron chi connectivity index (χ2n) is 9.75. The number of urea groups is 1. The third-order valence-corrected chi connectivity index (χ3v) is 7.53. The molecule has 7 heteroatoms. The zero-order valence-electron chi connectivity index (χ0n) is 18.3. The molecule has 3 saturated heterocycles. The molecule has 3 heterocycles. The number of fused-ring (bicyclic) bond motifs is 2. The lowest BCUT2D eigenvalue weighted by Gasteiger charge is -2.34. The number of ether oxygens (including phenoxy) is 1. The Morgan fingerprint density at radius 3 is 2.52 bits per heavy atom. The van der Waals surface area contributed by atoms with Crippen molar-refractivity contribution in [3.05, 3.63) is 24.0 Å². The summed E-state index contributed by atoms with van der Waals surface area (Å²) in [5, 5.41) is 6.90. The summed E-state index contributed by atoms with van der Waals surface area (Å²) in [7, 11) is 0. The summed E-state index contributed by atoms with van der Waals surface area (Å²) in [6, 6.07) is 6.62. The Labute approximate surface area is 184 Å². The molecule has 2 atom stereocenters. The Balaban J connectivity index is 1.35. The van der Waals surface area contributed by atoms with E-state index in [4.69, 9.17) is 4.74 Å². The number of nitrogens with zero attached hydrogens (tertiary/aromatic N) is 2. The summed E-state index contributed by atoms with van der Waals surface area (Å²) in [5.74, 6) is 0.193. The maximum Gasteiger partial charge on any atom is 0.322 e. The molecule has 2 N–H and O–H groups in total. The van der Waals surface area contributed by atoms with E-state index in [1.54, 1.807) is 11.0 Å². The fourth-order valence-corrected chi connectivity index (χ4v) is 5.94. The van der Waals surface area contributed by atoms with Crippen LogP contribution in [0, 0.1) is 11.7 Å². The van der Waals surface area contributed by atoms with Crippen molar-refractivity contribution >= 4 is 17.4 Å². The first kappa shape index (κ1) is 21.0. The molecule has 1 aromatic carbocycles. The van der Waals surface area contributed by atoms with E-state index >= 15 is 4.39 Å². The lowest BCUT2D eigenvalue weighted by Crippen LogP contribution is -2.48. The van der Waals surface area contributed by atoms with Gasteiger partial charge in [0, 0.05) is 43.4 Å². The molecule has 31 heavy (non-hydrogen) atoms. The molecule has 1 aliphatic carbocycles. The largest absolute Gasteiger partial charge is 0.378 e. The highest BCUT2D eigenvalue weighted by Gasteiger charge is 2.35. The number of benzene rings is 1. The molecule has 1 aromatic rings. The number of hydrogen-bond donors (Lipinski definition) is 2. The molecule has 4 fully saturated rings. The van der Waals surface area contributed by atoms with Crippen LogP contribution in [0.2, 0.25) is 0 Å². The average Bonchev–Trinajstić information content (AvgIpc) is 3.41. The van der Waals surface area contributed by atoms with Crippen molar-refractivity contribution in [3.63, 3.8) is 0 Å². The first-order valence-corrected chi connectivity index (χ1v) is 12.1. The van der Waals surface area contributed by atoms with Gasteiger partial charge in [-0.3, -0.25) is 4.90 Å². The summed E-state index contributed by atoms with van der Waals surface area (Å²) < 4.78 is 20.5. The van der Waals surface area contributed by atoms with Gasteiger partial charge in [-0.2, -0.15) is 0 Å². The fourth-order valence-electron chi connectivity index (χ4n) is 5.94. The van der Waals surface area contributed by atoms with Crippen molar-refractivity contribution < 1.29 is 13.9 Å². The molecule has 3 aliphatic heterocycles. The highest BCUT2D eigenvalue weighted by atomic mass is 19.1. The molecule has 170 valence electrons. The number of morpholine rings is 1. The monoisotopic (exact) mass is 430 g/mol. The molecule has 0 radical (unpaired) electrons. The second-order valence-corrected chi connectivity index (χ2v) is 9.75. The first-order valence-electron chi connectivity index (χ1n) is 12.1. The number of anilines is 2. The van der Waals surface area contributed by atoms with Crippen molar-refractivity contribution in [3.8, 4) is 0 Å². The van der Waals surface area contributed by atoms with Gasteiger partial charge in [-0.05, 0) is 62.6 Å². The fraction of sp³-hybridized carbons (Fsp3) is 0.708. The van der Waals surface area contributed by atoms with Crippen LogP contribution in [0.3, 0.4) is 0 Å². The standard InChI is InChI=1S/C24H35FN4O2/c25-22-15-21(7-8-23(22)28-9-11-31-12-10-28)29(24(30)27-18-3-1-2-4-18)16-17-13-19-5-6-20(14-17)26-19/h7-8,15,17-20,26H,1-6,9-14,16H2,(H,27,30). The topological polar surface area (TPSA) is 56.8 Å². The summed E-state index contributed by atoms with van der Waals surface area (Å²) in [4.78, 5) is 17.1. The first-order chi connectivity index (χ1) is 15.2. The van der Waals surface area contributed by atoms with Gasteiger partial charge in [-0.25, -0.2) is 9.18 Å². The molecule has 2 amide bonds. The summed E-state index contributed by atoms with van der Waals surface area (Å²) in [6.45, 7) is 3.29. The van der Waals surface area contributed by atoms with Gasteiger partial charge in [-0.1, -0.05) is 12.8 Å². The van der Waals surface area contributed by atoms with Crippen molar-refractivity contribution in [2.75, 3.05) is 42.6 Å². The molecule has 6 nitrogen and oxygen atoms in total. The van der Waals surface area contributed by atoms with E-state index in [9.17, 15) is 4.79 Å². The molecule has 2 bridgehead atoms. The third-order valence-electron chi connectivity index (χ3n) is 7.53. The Bertz CT molecular complexity index is 767. The SMILES string of the molecule is O=C(NC1CCCC1)N(CC1CC2CCC(C1)N2)c1ccc(N2CCOCC2)c(F)c1. The maximum absolute atomic E-state index is 15.1. The number of amides is 2. The second kappa shape index (κ2) is 9.33. The van der Waals surface area contributed by atoms with Crippen LogP contribution in [-0.2, 0) is 4.74 Å². The van der Waals surface area contributed by atoms with Crippen LogP contribution < -0.4 is 20.4 Å². The lowest BCUT2D eigenvalue weighted by molar-refractivity contribution is 0.122. The molecule has 2 unspecified atom stereocenters. The van der Waals surface area contributed by atoms with E-state index in [1.807, 2.05) is 17.0 Å². The van der Waals surface area contributed by atoms with Gasteiger partial charge >= 0.3 is 6.03 Å². The van der Waals surface area contributed by atoms with E-state index in [-0.39, 0.29) is 17.9 Å². The Morgan fingerprint density at radius 2 is 1.84 bits per heavy atom. The quantitative estimate of drug-likeness (QED) is 0.749. The number of piperidine rings is 1. The number of rotatable bonds is 5. The summed E-state index contributed by atoms with van der Waals surface area (Å²) in [6.07, 6.45) is 9.09. The minimum absolute atomic E-state index is 0.0729. The van der Waals surface area contributed by atoms with Crippen molar-refractivity contribution in [1.82, 2.24) is 10.6 Å². The number of halogens is 1. The average molecular weight is 431 g/mol. The van der Waals surface area contributed by atoms with Gasteiger partial charge < -0.3 is 20.3 Å². The van der Waals surface area contributed by atoms with Gasteiger partial charge in [0.05, 0.1) is 18.9 Å². The van der Waals surface area contributed by atoms with Gasteiger partial charge in [0.1, 0.15) is 5.82 Å². The number of nitrogens with one attached hydrogen (secondary N) is 2. The highest BCUT2D eigenvalue weighted by Crippen LogP contribution is 2.33. The maximum atomic E-state index is 15.1. The Hall–Kier alpha value is -1.86. The molecule has 4 aliphatic rings. The van der Waals surface area contributed by atoms with Crippen LogP contribution in [-0.4, -0.2) is 57.0 Å². The van der Waals surface area contributed by atoms with Crippen LogP contribution >= 0.6 is 0 Å². The predicted molar refractivity (Wildman–Crippen MR) is 120 cm³/mol. The minimum atomic E-state index is -0.261. The van der Waals surface area contributed by atoms with Crippen molar-refractivity contribution in [2.45, 2.75) is 69.5 Å². The van der Waals surface area contributed by atoms with E-state index in [2.05, 4.69) is 10.6 Å². The van der Waals surface area contributed by atoms with Crippen LogP contribution in [0.1, 0.15) is 51.4 Å². The van der Waals surface area contributed by atoms with Crippen LogP contribution in [0.5, 0.6) is 0 Å². The van der Waals surface area contributed by atoms with E-state index in [0.717, 1.165) is 25.7 Å². The van der Waals surface area contributed by atoms with Gasteiger partial charge in [0.25, 0.3) is 0 Å². The van der Waals surface area contributed by atoms with Crippen molar-refractivity contribution in [2.24, 2.45) is 5.92 Å². The molecule has 0 aromatic heterocycles. The van der Waals surface area contributed by atoms with E-state index in [1.165, 1.54) is 25.7 Å². The normalized spacial score (nSPS) is 28.7. The van der Waals surface area contributed by atoms with E-state index < -0.39 is 0 Å². The predicted octanol–water partition coefficient (Wildman–Crippen LogP) is 3.65. The molecule has 5 rings (SSSR count). The van der Waals surface area contributed by atoms with Gasteiger partial charge in [0.2, 0.25) is 0 Å². The summed E-state index contributed by atoms with van der Waals surface area (Å²) >= 11 is 0. The highest BCUT2D eigenvalue weighted by molar-refractivity contribution is 5.92. The molecule has 0 spiro atoms. The van der Waals surface area contributed by atoms with Gasteiger partial charge in [0.15, 0.2) is 0 Å². The van der Waals surface area contributed by atoms with Crippen LogP contribution in [0.15, 0.2) is 18.2 Å². The van der Waals surface area contributed by atoms with Gasteiger partial charge in [-0.15, -0.1) is 0 Å². The Kier molecular flexibility index (Phi) is 6.32. The number of carbonyl (C=O) groups is 1. The lowest BCUT2D eigenvalue weighted by atomic mass is 9.92. The zero-order valence-corrected chi connectivity index (χ0v) is 18.3. The molecular formula is C24H35FN4O2. The molecular weight excluding hydrogens is 395 g/mol. The zero-order chi connectivity index (χ0) is 21.2. The van der Waals surface area contributed by atoms with Crippen LogP contribution in [0.25, 0.3) is 0 Å². The Morgan fingerprint density at radius 1 is 1.13 bits per heavy atom. The third kappa shape index (κ3) is 4.82. The van der Waals surface area contributed by atoms with Crippen molar-refractivity contribution in [1.29, 1.82) is 0 Å². The number of carbonyl (C=O) groups excluding carboxylic acids is 1. The minimum Gasteiger partial charge on any atom is -0.378 e. The van der Waals surface area contributed by atoms with Crippen LogP contribution in [0.4, 0.5) is 20.6 Å². The molecule has 1 saturated carbocycles. The van der Waals surface area contributed by atoms with E-state index in [0.29, 0.717) is 62.2 Å². The smallest absolute Gasteiger partial charge is 0.322 e.